The number of carbonyl (C=O) groups excluding carboxylic acids is 3. The first-order valence-electron chi connectivity index (χ1n) is 13.9. The molecule has 2 aromatic carbocycles. The second-order valence-corrected chi connectivity index (χ2v) is 10.9. The van der Waals surface area contributed by atoms with E-state index in [1.807, 2.05) is 53.9 Å². The second kappa shape index (κ2) is 16.1. The Kier molecular flexibility index (Phi) is 12.6. The number of rotatable bonds is 16. The van der Waals surface area contributed by atoms with E-state index in [1.165, 1.54) is 9.80 Å². The van der Waals surface area contributed by atoms with Crippen molar-refractivity contribution in [1.29, 1.82) is 0 Å². The van der Waals surface area contributed by atoms with Crippen LogP contribution in [0.2, 0.25) is 0 Å². The molecular weight excluding hydrogens is 540 g/mol. The van der Waals surface area contributed by atoms with Crippen LogP contribution in [-0.2, 0) is 32.0 Å². The van der Waals surface area contributed by atoms with E-state index in [1.54, 1.807) is 39.6 Å². The number of carbonyl (C=O) groups is 3. The normalized spacial score (nSPS) is 12.5. The van der Waals surface area contributed by atoms with Crippen molar-refractivity contribution >= 4 is 39.1 Å². The van der Waals surface area contributed by atoms with Gasteiger partial charge in [0.1, 0.15) is 24.4 Å². The van der Waals surface area contributed by atoms with Gasteiger partial charge < -0.3 is 30.3 Å². The maximum atomic E-state index is 14.1. The van der Waals surface area contributed by atoms with Crippen LogP contribution in [-0.4, -0.2) is 87.6 Å². The van der Waals surface area contributed by atoms with E-state index in [4.69, 9.17) is 15.2 Å². The summed E-state index contributed by atoms with van der Waals surface area (Å²) >= 11 is 1.60. The summed E-state index contributed by atoms with van der Waals surface area (Å²) in [5.41, 5.74) is 7.40. The minimum atomic E-state index is -0.825. The van der Waals surface area contributed by atoms with Crippen LogP contribution in [0.25, 0.3) is 10.1 Å². The van der Waals surface area contributed by atoms with Crippen LogP contribution in [0.3, 0.4) is 0 Å². The van der Waals surface area contributed by atoms with E-state index in [0.717, 1.165) is 40.5 Å². The van der Waals surface area contributed by atoms with Crippen molar-refractivity contribution in [3.8, 4) is 5.75 Å². The third-order valence-corrected chi connectivity index (χ3v) is 8.30. The second-order valence-electron chi connectivity index (χ2n) is 10.0. The Balaban J connectivity index is 1.84. The number of unbranched alkanes of at least 4 members (excludes halogenated alkanes) is 2. The van der Waals surface area contributed by atoms with Crippen molar-refractivity contribution in [2.24, 2.45) is 5.73 Å². The molecule has 0 fully saturated rings. The number of nitrogens with one attached hydrogen (secondary N) is 1. The summed E-state index contributed by atoms with van der Waals surface area (Å²) < 4.78 is 12.0. The largest absolute Gasteiger partial charge is 0.497 e. The zero-order chi connectivity index (χ0) is 29.8. The van der Waals surface area contributed by atoms with Crippen molar-refractivity contribution in [2.45, 2.75) is 44.2 Å². The van der Waals surface area contributed by atoms with Crippen molar-refractivity contribution < 1.29 is 23.9 Å². The lowest BCUT2D eigenvalue weighted by atomic mass is 10.00. The van der Waals surface area contributed by atoms with Crippen LogP contribution < -0.4 is 15.8 Å². The third-order valence-electron chi connectivity index (χ3n) is 7.29. The molecule has 1 aromatic heterocycles. The summed E-state index contributed by atoms with van der Waals surface area (Å²) in [7, 11) is 6.40. The maximum Gasteiger partial charge on any atom is 0.248 e. The third kappa shape index (κ3) is 8.76. The topological polar surface area (TPSA) is 114 Å². The molecule has 9 nitrogen and oxygen atoms in total. The SMILES string of the molecule is CNC(=O)[C@@H](Cc1ccc(OC)cc1)N(C)C(=O)[C@@H](Cc1csc2ccccc12)N(C)C(=O)COCCCCCN. The summed E-state index contributed by atoms with van der Waals surface area (Å²) in [6.45, 7) is 0.960. The van der Waals surface area contributed by atoms with Crippen LogP contribution in [0.5, 0.6) is 5.75 Å². The minimum absolute atomic E-state index is 0.123. The van der Waals surface area contributed by atoms with Gasteiger partial charge in [0.05, 0.1) is 7.11 Å². The molecule has 0 unspecified atom stereocenters. The predicted octanol–water partition coefficient (Wildman–Crippen LogP) is 3.24. The van der Waals surface area contributed by atoms with E-state index < -0.39 is 12.1 Å². The minimum Gasteiger partial charge on any atom is -0.497 e. The number of thiophene rings is 1. The standard InChI is InChI=1S/C31H42N4O5S/c1-33-30(37)26(18-22-12-14-24(39-4)15-13-22)35(3)31(38)27(19-23-21-41-28-11-7-6-10-25(23)28)34(2)29(36)20-40-17-9-5-8-16-32/h6-7,10-15,21,26-27H,5,8-9,16-20,32H2,1-4H3,(H,33,37)/t26-,27-/m1/s1. The Morgan fingerprint density at radius 3 is 2.37 bits per heavy atom. The molecule has 3 N–H and O–H groups in total. The van der Waals surface area contributed by atoms with E-state index in [-0.39, 0.29) is 24.3 Å². The Morgan fingerprint density at radius 1 is 0.951 bits per heavy atom. The van der Waals surface area contributed by atoms with E-state index in [0.29, 0.717) is 31.7 Å². The van der Waals surface area contributed by atoms with Crippen LogP contribution in [0.4, 0.5) is 0 Å². The van der Waals surface area contributed by atoms with Gasteiger partial charge in [-0.1, -0.05) is 30.3 Å². The molecule has 0 radical (unpaired) electrons. The number of fused-ring (bicyclic) bond motifs is 1. The number of ether oxygens (including phenoxy) is 2. The van der Waals surface area contributed by atoms with Gasteiger partial charge in [-0.05, 0) is 65.9 Å². The lowest BCUT2D eigenvalue weighted by molar-refractivity contribution is -0.149. The number of nitrogens with zero attached hydrogens (tertiary/aromatic N) is 2. The number of hydrogen-bond donors (Lipinski definition) is 2. The van der Waals surface area contributed by atoms with Crippen molar-refractivity contribution in [3.63, 3.8) is 0 Å². The fourth-order valence-electron chi connectivity index (χ4n) is 4.70. The molecule has 0 aliphatic rings. The molecule has 2 atom stereocenters. The highest BCUT2D eigenvalue weighted by Crippen LogP contribution is 2.28. The molecule has 0 spiro atoms. The number of nitrogens with two attached hydrogens (primary N) is 1. The quantitative estimate of drug-likeness (QED) is 0.251. The molecule has 3 amide bonds. The number of benzene rings is 2. The highest BCUT2D eigenvalue weighted by molar-refractivity contribution is 7.17. The fourth-order valence-corrected chi connectivity index (χ4v) is 5.67. The molecule has 41 heavy (non-hydrogen) atoms. The van der Waals surface area contributed by atoms with Crippen molar-refractivity contribution in [3.05, 3.63) is 65.0 Å². The van der Waals surface area contributed by atoms with Gasteiger partial charge in [-0.15, -0.1) is 11.3 Å². The average Bonchev–Trinajstić information content (AvgIpc) is 3.41. The highest BCUT2D eigenvalue weighted by Gasteiger charge is 2.35. The first kappa shape index (κ1) is 32.0. The molecule has 0 aliphatic carbocycles. The van der Waals surface area contributed by atoms with Gasteiger partial charge in [-0.25, -0.2) is 0 Å². The Bertz CT molecular complexity index is 1280. The van der Waals surface area contributed by atoms with Crippen molar-refractivity contribution in [1.82, 2.24) is 15.1 Å². The Labute approximate surface area is 246 Å². The van der Waals surface area contributed by atoms with Crippen LogP contribution in [0.1, 0.15) is 30.4 Å². The molecule has 0 saturated heterocycles. The molecule has 3 rings (SSSR count). The number of methoxy groups -OCH3 is 1. The van der Waals surface area contributed by atoms with Crippen molar-refractivity contribution in [2.75, 3.05) is 48.0 Å². The summed E-state index contributed by atoms with van der Waals surface area (Å²) in [5.74, 6) is -0.186. The molecule has 0 bridgehead atoms. The summed E-state index contributed by atoms with van der Waals surface area (Å²) in [6.07, 6.45) is 3.29. The highest BCUT2D eigenvalue weighted by atomic mass is 32.1. The molecule has 0 aliphatic heterocycles. The molecule has 3 aromatic rings. The first-order chi connectivity index (χ1) is 19.8. The molecular formula is C31H42N4O5S. The fraction of sp³-hybridized carbons (Fsp3) is 0.452. The lowest BCUT2D eigenvalue weighted by Gasteiger charge is -2.34. The van der Waals surface area contributed by atoms with Gasteiger partial charge in [-0.2, -0.15) is 0 Å². The summed E-state index contributed by atoms with van der Waals surface area (Å²) in [4.78, 5) is 43.3. The summed E-state index contributed by atoms with van der Waals surface area (Å²) in [5, 5.41) is 5.77. The van der Waals surface area contributed by atoms with Crippen LogP contribution >= 0.6 is 11.3 Å². The molecule has 0 saturated carbocycles. The Hall–Kier alpha value is -3.47. The number of likely N-dealkylation sites (N-methyl/N-ethyl adjacent to an activating group) is 3. The zero-order valence-corrected chi connectivity index (χ0v) is 25.2. The number of hydrogen-bond acceptors (Lipinski definition) is 7. The number of amides is 3. The lowest BCUT2D eigenvalue weighted by Crippen LogP contribution is -2.56. The van der Waals surface area contributed by atoms with Gasteiger partial charge >= 0.3 is 0 Å². The zero-order valence-electron chi connectivity index (χ0n) is 24.4. The van der Waals surface area contributed by atoms with E-state index >= 15 is 0 Å². The molecule has 1 heterocycles. The van der Waals surface area contributed by atoms with Crippen LogP contribution in [0, 0.1) is 0 Å². The van der Waals surface area contributed by atoms with Gasteiger partial charge in [0.2, 0.25) is 17.7 Å². The van der Waals surface area contributed by atoms with Gasteiger partial charge in [0, 0.05) is 45.3 Å². The maximum absolute atomic E-state index is 14.1. The first-order valence-corrected chi connectivity index (χ1v) is 14.8. The monoisotopic (exact) mass is 582 g/mol. The van der Waals surface area contributed by atoms with Gasteiger partial charge in [0.15, 0.2) is 0 Å². The van der Waals surface area contributed by atoms with Gasteiger partial charge in [0.25, 0.3) is 0 Å². The Morgan fingerprint density at radius 2 is 1.68 bits per heavy atom. The predicted molar refractivity (Wildman–Crippen MR) is 163 cm³/mol. The molecule has 10 heteroatoms. The van der Waals surface area contributed by atoms with Gasteiger partial charge in [-0.3, -0.25) is 14.4 Å². The molecule has 222 valence electrons. The van der Waals surface area contributed by atoms with Crippen LogP contribution in [0.15, 0.2) is 53.9 Å². The van der Waals surface area contributed by atoms with E-state index in [2.05, 4.69) is 5.32 Å². The average molecular weight is 583 g/mol. The van der Waals surface area contributed by atoms with E-state index in [9.17, 15) is 14.4 Å². The smallest absolute Gasteiger partial charge is 0.248 e. The summed E-state index contributed by atoms with van der Waals surface area (Å²) in [6, 6.07) is 13.8.